The average Bonchev–Trinajstić information content (AvgIpc) is 2.28. The molecule has 1 aromatic carbocycles. The molecular formula is C13H16N4. The molecule has 2 aromatic rings. The SMILES string of the molecule is Cc1ccccc1-c1nc(N)nc(C(C)C)n1. The number of nitrogens with zero attached hydrogens (tertiary/aromatic N) is 3. The molecule has 88 valence electrons. The molecule has 0 bridgehead atoms. The van der Waals surface area contributed by atoms with Gasteiger partial charge in [-0.3, -0.25) is 0 Å². The number of hydrogen-bond acceptors (Lipinski definition) is 4. The monoisotopic (exact) mass is 228 g/mol. The van der Waals surface area contributed by atoms with Gasteiger partial charge in [0.05, 0.1) is 0 Å². The summed E-state index contributed by atoms with van der Waals surface area (Å²) in [6, 6.07) is 7.99. The number of rotatable bonds is 2. The Kier molecular flexibility index (Phi) is 3.04. The maximum atomic E-state index is 5.72. The smallest absolute Gasteiger partial charge is 0.223 e. The van der Waals surface area contributed by atoms with Crippen LogP contribution in [-0.2, 0) is 0 Å². The van der Waals surface area contributed by atoms with Crippen molar-refractivity contribution in [3.05, 3.63) is 35.7 Å². The van der Waals surface area contributed by atoms with Crippen LogP contribution >= 0.6 is 0 Å². The Hall–Kier alpha value is -1.97. The highest BCUT2D eigenvalue weighted by molar-refractivity contribution is 5.60. The van der Waals surface area contributed by atoms with Crippen molar-refractivity contribution in [3.63, 3.8) is 0 Å². The topological polar surface area (TPSA) is 64.7 Å². The molecule has 2 rings (SSSR count). The zero-order valence-electron chi connectivity index (χ0n) is 10.3. The number of hydrogen-bond donors (Lipinski definition) is 1. The molecule has 0 fully saturated rings. The second-order valence-corrected chi connectivity index (χ2v) is 4.35. The van der Waals surface area contributed by atoms with Crippen LogP contribution in [0.1, 0.15) is 31.2 Å². The normalized spacial score (nSPS) is 10.8. The van der Waals surface area contributed by atoms with Crippen molar-refractivity contribution in [2.45, 2.75) is 26.7 Å². The van der Waals surface area contributed by atoms with Gasteiger partial charge in [-0.2, -0.15) is 9.97 Å². The van der Waals surface area contributed by atoms with Crippen molar-refractivity contribution in [1.82, 2.24) is 15.0 Å². The maximum absolute atomic E-state index is 5.72. The highest BCUT2D eigenvalue weighted by Crippen LogP contribution is 2.21. The molecule has 0 spiro atoms. The van der Waals surface area contributed by atoms with E-state index in [1.54, 1.807) is 0 Å². The van der Waals surface area contributed by atoms with Crippen LogP contribution in [0.5, 0.6) is 0 Å². The lowest BCUT2D eigenvalue weighted by atomic mass is 10.1. The number of nitrogens with two attached hydrogens (primary N) is 1. The molecule has 0 atom stereocenters. The van der Waals surface area contributed by atoms with Gasteiger partial charge in [-0.1, -0.05) is 38.1 Å². The standard InChI is InChI=1S/C13H16N4/c1-8(2)11-15-12(17-13(14)16-11)10-7-5-4-6-9(10)3/h4-8H,1-3H3,(H2,14,15,16,17). The van der Waals surface area contributed by atoms with Crippen molar-refractivity contribution in [2.75, 3.05) is 5.73 Å². The van der Waals surface area contributed by atoms with Gasteiger partial charge in [0.1, 0.15) is 5.82 Å². The minimum atomic E-state index is 0.239. The summed E-state index contributed by atoms with van der Waals surface area (Å²) in [5.74, 6) is 1.90. The van der Waals surface area contributed by atoms with Gasteiger partial charge in [0, 0.05) is 11.5 Å². The van der Waals surface area contributed by atoms with Crippen molar-refractivity contribution < 1.29 is 0 Å². The summed E-state index contributed by atoms with van der Waals surface area (Å²) in [6.45, 7) is 6.11. The predicted octanol–water partition coefficient (Wildman–Crippen LogP) is 2.55. The molecule has 0 saturated heterocycles. The fourth-order valence-corrected chi connectivity index (χ4v) is 1.61. The van der Waals surface area contributed by atoms with Gasteiger partial charge in [-0.05, 0) is 12.5 Å². The first kappa shape index (κ1) is 11.5. The Morgan fingerprint density at radius 1 is 1.06 bits per heavy atom. The van der Waals surface area contributed by atoms with Gasteiger partial charge in [0.25, 0.3) is 0 Å². The lowest BCUT2D eigenvalue weighted by Crippen LogP contribution is -2.06. The van der Waals surface area contributed by atoms with Crippen LogP contribution in [0.15, 0.2) is 24.3 Å². The zero-order valence-corrected chi connectivity index (χ0v) is 10.3. The second-order valence-electron chi connectivity index (χ2n) is 4.35. The molecule has 0 radical (unpaired) electrons. The van der Waals surface area contributed by atoms with Gasteiger partial charge in [-0.15, -0.1) is 0 Å². The number of benzene rings is 1. The summed E-state index contributed by atoms with van der Waals surface area (Å²) >= 11 is 0. The number of nitrogen functional groups attached to an aromatic ring is 1. The molecule has 0 unspecified atom stereocenters. The molecule has 2 N–H and O–H groups in total. The Labute approximate surface area is 101 Å². The Morgan fingerprint density at radius 2 is 1.76 bits per heavy atom. The predicted molar refractivity (Wildman–Crippen MR) is 68.5 cm³/mol. The quantitative estimate of drug-likeness (QED) is 0.857. The van der Waals surface area contributed by atoms with Crippen LogP contribution in [0.4, 0.5) is 5.95 Å². The first-order chi connectivity index (χ1) is 8.08. The van der Waals surface area contributed by atoms with E-state index in [0.717, 1.165) is 17.0 Å². The third-order valence-electron chi connectivity index (χ3n) is 2.57. The minimum Gasteiger partial charge on any atom is -0.368 e. The molecule has 0 aliphatic rings. The minimum absolute atomic E-state index is 0.239. The van der Waals surface area contributed by atoms with E-state index < -0.39 is 0 Å². The molecule has 4 nitrogen and oxygen atoms in total. The van der Waals surface area contributed by atoms with Gasteiger partial charge in [0.2, 0.25) is 5.95 Å². The molecule has 0 aliphatic carbocycles. The molecule has 4 heteroatoms. The van der Waals surface area contributed by atoms with E-state index in [1.807, 2.05) is 45.0 Å². The molecule has 0 saturated carbocycles. The third-order valence-corrected chi connectivity index (χ3v) is 2.57. The highest BCUT2D eigenvalue weighted by atomic mass is 15.1. The van der Waals surface area contributed by atoms with Gasteiger partial charge < -0.3 is 5.73 Å². The molecule has 0 amide bonds. The molecular weight excluding hydrogens is 212 g/mol. The summed E-state index contributed by atoms with van der Waals surface area (Å²) < 4.78 is 0. The third kappa shape index (κ3) is 2.41. The second kappa shape index (κ2) is 4.49. The number of aryl methyl sites for hydroxylation is 1. The lowest BCUT2D eigenvalue weighted by molar-refractivity contribution is 0.767. The van der Waals surface area contributed by atoms with Crippen molar-refractivity contribution >= 4 is 5.95 Å². The van der Waals surface area contributed by atoms with Crippen molar-refractivity contribution in [3.8, 4) is 11.4 Å². The van der Waals surface area contributed by atoms with E-state index in [0.29, 0.717) is 5.82 Å². The first-order valence-electron chi connectivity index (χ1n) is 5.65. The zero-order chi connectivity index (χ0) is 12.4. The molecule has 0 aliphatic heterocycles. The fourth-order valence-electron chi connectivity index (χ4n) is 1.61. The van der Waals surface area contributed by atoms with Crippen LogP contribution < -0.4 is 5.73 Å². The van der Waals surface area contributed by atoms with Gasteiger partial charge >= 0.3 is 0 Å². The van der Waals surface area contributed by atoms with Gasteiger partial charge in [-0.25, -0.2) is 4.98 Å². The largest absolute Gasteiger partial charge is 0.368 e. The van der Waals surface area contributed by atoms with Crippen LogP contribution in [0, 0.1) is 6.92 Å². The van der Waals surface area contributed by atoms with Crippen molar-refractivity contribution in [2.24, 2.45) is 0 Å². The van der Waals surface area contributed by atoms with E-state index >= 15 is 0 Å². The van der Waals surface area contributed by atoms with Gasteiger partial charge in [0.15, 0.2) is 5.82 Å². The Bertz CT molecular complexity index is 535. The van der Waals surface area contributed by atoms with Crippen LogP contribution in [-0.4, -0.2) is 15.0 Å². The van der Waals surface area contributed by atoms with E-state index in [-0.39, 0.29) is 11.9 Å². The number of aromatic nitrogens is 3. The van der Waals surface area contributed by atoms with Crippen LogP contribution in [0.3, 0.4) is 0 Å². The van der Waals surface area contributed by atoms with E-state index in [2.05, 4.69) is 15.0 Å². The lowest BCUT2D eigenvalue weighted by Gasteiger charge is -2.08. The summed E-state index contributed by atoms with van der Waals surface area (Å²) in [5.41, 5.74) is 7.86. The summed E-state index contributed by atoms with van der Waals surface area (Å²) in [4.78, 5) is 12.8. The molecule has 1 aromatic heterocycles. The maximum Gasteiger partial charge on any atom is 0.223 e. The fraction of sp³-hybridized carbons (Fsp3) is 0.308. The van der Waals surface area contributed by atoms with E-state index in [4.69, 9.17) is 5.73 Å². The Balaban J connectivity index is 2.56. The Morgan fingerprint density at radius 3 is 2.41 bits per heavy atom. The van der Waals surface area contributed by atoms with Crippen molar-refractivity contribution in [1.29, 1.82) is 0 Å². The van der Waals surface area contributed by atoms with E-state index in [1.165, 1.54) is 0 Å². The number of anilines is 1. The summed E-state index contributed by atoms with van der Waals surface area (Å²) in [6.07, 6.45) is 0. The van der Waals surface area contributed by atoms with Crippen LogP contribution in [0.2, 0.25) is 0 Å². The highest BCUT2D eigenvalue weighted by Gasteiger charge is 2.10. The molecule has 1 heterocycles. The molecule has 17 heavy (non-hydrogen) atoms. The summed E-state index contributed by atoms with van der Waals surface area (Å²) in [5, 5.41) is 0. The van der Waals surface area contributed by atoms with E-state index in [9.17, 15) is 0 Å². The summed E-state index contributed by atoms with van der Waals surface area (Å²) in [7, 11) is 0. The van der Waals surface area contributed by atoms with Crippen LogP contribution in [0.25, 0.3) is 11.4 Å². The first-order valence-corrected chi connectivity index (χ1v) is 5.65. The average molecular weight is 228 g/mol.